The topological polar surface area (TPSA) is 21.3 Å². The molecular weight excluding hydrogens is 341 g/mol. The summed E-state index contributed by atoms with van der Waals surface area (Å²) in [6.07, 6.45) is 2.27. The minimum Gasteiger partial charge on any atom is -0.488 e. The summed E-state index contributed by atoms with van der Waals surface area (Å²) >= 11 is 12.3. The molecule has 118 valence electrons. The van der Waals surface area contributed by atoms with E-state index in [9.17, 15) is 0 Å². The van der Waals surface area contributed by atoms with Crippen molar-refractivity contribution in [3.63, 3.8) is 0 Å². The summed E-state index contributed by atoms with van der Waals surface area (Å²) in [7, 11) is 1.95. The van der Waals surface area contributed by atoms with E-state index in [4.69, 9.17) is 27.9 Å². The number of aryl methyl sites for hydroxylation is 1. The van der Waals surface area contributed by atoms with E-state index < -0.39 is 0 Å². The number of benzene rings is 2. The summed E-state index contributed by atoms with van der Waals surface area (Å²) in [5.41, 5.74) is 3.24. The zero-order valence-corrected chi connectivity index (χ0v) is 14.6. The van der Waals surface area contributed by atoms with Crippen LogP contribution in [-0.2, 0) is 6.42 Å². The van der Waals surface area contributed by atoms with Crippen LogP contribution in [0.1, 0.15) is 12.0 Å². The largest absolute Gasteiger partial charge is 0.488 e. The van der Waals surface area contributed by atoms with E-state index in [1.165, 1.54) is 5.56 Å². The highest BCUT2D eigenvalue weighted by Gasteiger charge is 2.22. The molecule has 0 saturated carbocycles. The fourth-order valence-corrected chi connectivity index (χ4v) is 3.26. The van der Waals surface area contributed by atoms with Crippen LogP contribution in [0.2, 0.25) is 10.0 Å². The van der Waals surface area contributed by atoms with Crippen LogP contribution in [0.15, 0.2) is 36.4 Å². The number of halogens is 3. The second kappa shape index (κ2) is 7.56. The molecule has 0 aliphatic carbocycles. The molecule has 5 heteroatoms. The predicted molar refractivity (Wildman–Crippen MR) is 95.8 cm³/mol. The molecule has 22 heavy (non-hydrogen) atoms. The maximum atomic E-state index is 6.35. The van der Waals surface area contributed by atoms with Gasteiger partial charge >= 0.3 is 0 Å². The van der Waals surface area contributed by atoms with Gasteiger partial charge in [0.1, 0.15) is 11.9 Å². The predicted octanol–water partition coefficient (Wildman–Crippen LogP) is 5.00. The number of fused-ring (bicyclic) bond motifs is 1. The van der Waals surface area contributed by atoms with Crippen molar-refractivity contribution >= 4 is 35.6 Å². The van der Waals surface area contributed by atoms with Crippen LogP contribution in [0.25, 0.3) is 11.1 Å². The number of rotatable bonds is 3. The van der Waals surface area contributed by atoms with Crippen molar-refractivity contribution < 1.29 is 4.74 Å². The Hall–Kier alpha value is -0.930. The van der Waals surface area contributed by atoms with E-state index in [2.05, 4.69) is 23.5 Å². The van der Waals surface area contributed by atoms with Crippen LogP contribution in [-0.4, -0.2) is 19.7 Å². The van der Waals surface area contributed by atoms with Crippen molar-refractivity contribution in [1.82, 2.24) is 5.32 Å². The second-order valence-corrected chi connectivity index (χ2v) is 6.10. The molecule has 0 amide bonds. The number of nitrogens with one attached hydrogen (secondary N) is 1. The third kappa shape index (κ3) is 3.52. The van der Waals surface area contributed by atoms with Gasteiger partial charge in [-0.2, -0.15) is 0 Å². The molecule has 1 N–H and O–H groups in total. The van der Waals surface area contributed by atoms with Gasteiger partial charge in [0.15, 0.2) is 0 Å². The fourth-order valence-electron chi connectivity index (χ4n) is 2.75. The molecule has 0 saturated heterocycles. The molecule has 1 aliphatic rings. The van der Waals surface area contributed by atoms with E-state index in [0.29, 0.717) is 10.0 Å². The van der Waals surface area contributed by atoms with E-state index in [0.717, 1.165) is 36.3 Å². The molecule has 2 aromatic rings. The van der Waals surface area contributed by atoms with Gasteiger partial charge in [0.25, 0.3) is 0 Å². The van der Waals surface area contributed by atoms with Gasteiger partial charge in [-0.3, -0.25) is 0 Å². The Balaban J connectivity index is 0.00000176. The summed E-state index contributed by atoms with van der Waals surface area (Å²) in [6, 6.07) is 11.8. The van der Waals surface area contributed by atoms with E-state index >= 15 is 0 Å². The molecule has 0 unspecified atom stereocenters. The van der Waals surface area contributed by atoms with Crippen molar-refractivity contribution in [2.75, 3.05) is 13.6 Å². The lowest BCUT2D eigenvalue weighted by molar-refractivity contribution is 0.174. The first-order valence-electron chi connectivity index (χ1n) is 7.07. The number of ether oxygens (including phenoxy) is 1. The molecule has 0 aromatic heterocycles. The summed E-state index contributed by atoms with van der Waals surface area (Å²) in [5.74, 6) is 0.952. The lowest BCUT2D eigenvalue weighted by Crippen LogP contribution is -2.32. The fraction of sp³-hybridized carbons (Fsp3) is 0.294. The van der Waals surface area contributed by atoms with Crippen molar-refractivity contribution in [3.8, 4) is 16.9 Å². The average Bonchev–Trinajstić information content (AvgIpc) is 2.47. The highest BCUT2D eigenvalue weighted by molar-refractivity contribution is 6.36. The van der Waals surface area contributed by atoms with E-state index in [-0.39, 0.29) is 18.5 Å². The lowest BCUT2D eigenvalue weighted by atomic mass is 9.95. The molecule has 1 heterocycles. The average molecular weight is 359 g/mol. The van der Waals surface area contributed by atoms with Gasteiger partial charge in [0.2, 0.25) is 0 Å². The maximum Gasteiger partial charge on any atom is 0.130 e. The SMILES string of the molecule is CNC[C@@H]1CCc2cccc(-c3ccc(Cl)cc3Cl)c2O1.Cl. The lowest BCUT2D eigenvalue weighted by Gasteiger charge is -2.28. The van der Waals surface area contributed by atoms with Crippen molar-refractivity contribution in [2.45, 2.75) is 18.9 Å². The Labute approximate surface area is 147 Å². The van der Waals surface area contributed by atoms with Gasteiger partial charge in [-0.1, -0.05) is 47.5 Å². The molecule has 0 spiro atoms. The molecule has 1 aliphatic heterocycles. The standard InChI is InChI=1S/C17H17Cl2NO.ClH/c1-20-10-13-7-5-11-3-2-4-15(17(11)21-13)14-8-6-12(18)9-16(14)19;/h2-4,6,8-9,13,20H,5,7,10H2,1H3;1H/t13-;/m0./s1. The summed E-state index contributed by atoms with van der Waals surface area (Å²) in [6.45, 7) is 0.849. The van der Waals surface area contributed by atoms with Gasteiger partial charge in [-0.15, -0.1) is 12.4 Å². The normalized spacial score (nSPS) is 16.4. The van der Waals surface area contributed by atoms with E-state index in [1.807, 2.05) is 19.2 Å². The maximum absolute atomic E-state index is 6.35. The third-order valence-electron chi connectivity index (χ3n) is 3.77. The van der Waals surface area contributed by atoms with E-state index in [1.54, 1.807) is 6.07 Å². The first-order valence-corrected chi connectivity index (χ1v) is 7.83. The number of hydrogen-bond acceptors (Lipinski definition) is 2. The van der Waals surface area contributed by atoms with Crippen molar-refractivity contribution in [2.24, 2.45) is 0 Å². The Morgan fingerprint density at radius 2 is 2.00 bits per heavy atom. The summed E-state index contributed by atoms with van der Waals surface area (Å²) < 4.78 is 6.19. The molecule has 3 rings (SSSR count). The smallest absolute Gasteiger partial charge is 0.130 e. The molecule has 0 radical (unpaired) electrons. The molecular formula is C17H18Cl3NO. The first kappa shape index (κ1) is 17.4. The van der Waals surface area contributed by atoms with Gasteiger partial charge in [-0.05, 0) is 37.6 Å². The minimum atomic E-state index is 0. The van der Waals surface area contributed by atoms with Gasteiger partial charge in [-0.25, -0.2) is 0 Å². The van der Waals surface area contributed by atoms with Crippen LogP contribution in [0.4, 0.5) is 0 Å². The molecule has 1 atom stereocenters. The highest BCUT2D eigenvalue weighted by Crippen LogP contribution is 2.40. The van der Waals surface area contributed by atoms with Crippen molar-refractivity contribution in [3.05, 3.63) is 52.0 Å². The monoisotopic (exact) mass is 357 g/mol. The summed E-state index contributed by atoms with van der Waals surface area (Å²) in [5, 5.41) is 4.47. The van der Waals surface area contributed by atoms with Crippen LogP contribution in [0.5, 0.6) is 5.75 Å². The quantitative estimate of drug-likeness (QED) is 0.834. The molecule has 2 nitrogen and oxygen atoms in total. The van der Waals surface area contributed by atoms with Crippen LogP contribution in [0.3, 0.4) is 0 Å². The summed E-state index contributed by atoms with van der Waals surface area (Å²) in [4.78, 5) is 0. The van der Waals surface area contributed by atoms with Crippen molar-refractivity contribution in [1.29, 1.82) is 0 Å². The third-order valence-corrected chi connectivity index (χ3v) is 4.32. The van der Waals surface area contributed by atoms with Gasteiger partial charge in [0.05, 0.1) is 5.02 Å². The molecule has 0 bridgehead atoms. The second-order valence-electron chi connectivity index (χ2n) is 5.25. The number of hydrogen-bond donors (Lipinski definition) is 1. The zero-order chi connectivity index (χ0) is 14.8. The highest BCUT2D eigenvalue weighted by atomic mass is 35.5. The zero-order valence-electron chi connectivity index (χ0n) is 12.2. The molecule has 0 fully saturated rings. The number of likely N-dealkylation sites (N-methyl/N-ethyl adjacent to an activating group) is 1. The van der Waals surface area contributed by atoms with Gasteiger partial charge < -0.3 is 10.1 Å². The first-order chi connectivity index (χ1) is 10.2. The van der Waals surface area contributed by atoms with Crippen LogP contribution >= 0.6 is 35.6 Å². The van der Waals surface area contributed by atoms with Crippen LogP contribution < -0.4 is 10.1 Å². The molecule has 2 aromatic carbocycles. The van der Waals surface area contributed by atoms with Gasteiger partial charge in [0, 0.05) is 22.7 Å². The minimum absolute atomic E-state index is 0. The Morgan fingerprint density at radius 1 is 1.18 bits per heavy atom. The Bertz CT molecular complexity index is 660. The Morgan fingerprint density at radius 3 is 2.73 bits per heavy atom. The number of para-hydroxylation sites is 1. The Kier molecular flexibility index (Phi) is 5.99. The van der Waals surface area contributed by atoms with Crippen LogP contribution in [0, 0.1) is 0 Å².